The van der Waals surface area contributed by atoms with Crippen LogP contribution >= 0.6 is 0 Å². The summed E-state index contributed by atoms with van der Waals surface area (Å²) in [5.74, 6) is 1.39. The van der Waals surface area contributed by atoms with E-state index in [2.05, 4.69) is 36.5 Å². The number of ether oxygens (including phenoxy) is 1. The first-order valence-electron chi connectivity index (χ1n) is 9.62. The van der Waals surface area contributed by atoms with E-state index in [4.69, 9.17) is 4.74 Å². The molecule has 2 aromatic rings. The zero-order valence-electron chi connectivity index (χ0n) is 16.0. The predicted molar refractivity (Wildman–Crippen MR) is 106 cm³/mol. The number of aryl methyl sites for hydroxylation is 1. The molecule has 1 saturated carbocycles. The molecule has 2 aromatic carbocycles. The third kappa shape index (κ3) is 5.68. The highest BCUT2D eigenvalue weighted by Crippen LogP contribution is 2.41. The largest absolute Gasteiger partial charge is 0.494 e. The van der Waals surface area contributed by atoms with Gasteiger partial charge in [0.1, 0.15) is 5.75 Å². The van der Waals surface area contributed by atoms with Crippen LogP contribution in [0, 0.1) is 12.8 Å². The van der Waals surface area contributed by atoms with E-state index in [-0.39, 0.29) is 17.7 Å². The molecule has 1 aliphatic carbocycles. The number of carbonyl (C=O) groups is 2. The Balaban J connectivity index is 1.43. The number of Topliss-reactive ketones (excluding diaryl/α,β-unsaturated/α-hetero) is 1. The van der Waals surface area contributed by atoms with E-state index >= 15 is 0 Å². The van der Waals surface area contributed by atoms with Crippen molar-refractivity contribution in [3.63, 3.8) is 0 Å². The lowest BCUT2D eigenvalue weighted by atomic mass is 10.0. The molecule has 0 heterocycles. The Bertz CT molecular complexity index is 776. The molecule has 0 saturated heterocycles. The van der Waals surface area contributed by atoms with E-state index in [9.17, 15) is 9.59 Å². The number of nitrogens with one attached hydrogen (secondary N) is 1. The molecule has 0 radical (unpaired) electrons. The zero-order chi connectivity index (χ0) is 19.2. The molecule has 1 amide bonds. The maximum atomic E-state index is 12.4. The predicted octanol–water partition coefficient (Wildman–Crippen LogP) is 4.62. The summed E-state index contributed by atoms with van der Waals surface area (Å²) in [6, 6.07) is 15.6. The SMILES string of the molecule is CC(=O)c1ccc(OCCCC(=O)NC(c2ccc(C)cc2)C2CC2)cc1. The Kier molecular flexibility index (Phi) is 6.28. The molecule has 1 fully saturated rings. The Morgan fingerprint density at radius 1 is 1.07 bits per heavy atom. The Hall–Kier alpha value is -2.62. The molecule has 1 aliphatic rings. The highest BCUT2D eigenvalue weighted by Gasteiger charge is 2.33. The van der Waals surface area contributed by atoms with Gasteiger partial charge in [0.05, 0.1) is 12.6 Å². The summed E-state index contributed by atoms with van der Waals surface area (Å²) in [6.07, 6.45) is 3.46. The van der Waals surface area contributed by atoms with E-state index in [0.29, 0.717) is 30.9 Å². The molecule has 0 aliphatic heterocycles. The number of amides is 1. The second kappa shape index (κ2) is 8.85. The van der Waals surface area contributed by atoms with Crippen molar-refractivity contribution in [2.45, 2.75) is 45.6 Å². The summed E-state index contributed by atoms with van der Waals surface area (Å²) in [7, 11) is 0. The van der Waals surface area contributed by atoms with E-state index in [1.807, 2.05) is 0 Å². The minimum absolute atomic E-state index is 0.0389. The van der Waals surface area contributed by atoms with Gasteiger partial charge in [-0.15, -0.1) is 0 Å². The van der Waals surface area contributed by atoms with Gasteiger partial charge in [0.15, 0.2) is 5.78 Å². The molecule has 3 rings (SSSR count). The van der Waals surface area contributed by atoms with Gasteiger partial charge in [0, 0.05) is 12.0 Å². The maximum absolute atomic E-state index is 12.4. The fraction of sp³-hybridized carbons (Fsp3) is 0.391. The van der Waals surface area contributed by atoms with Gasteiger partial charge in [-0.1, -0.05) is 29.8 Å². The van der Waals surface area contributed by atoms with Crippen LogP contribution in [0.1, 0.15) is 60.1 Å². The van der Waals surface area contributed by atoms with E-state index < -0.39 is 0 Å². The normalized spacial score (nSPS) is 14.4. The van der Waals surface area contributed by atoms with E-state index in [1.165, 1.54) is 24.0 Å². The second-order valence-corrected chi connectivity index (χ2v) is 7.33. The lowest BCUT2D eigenvalue weighted by Gasteiger charge is -2.19. The van der Waals surface area contributed by atoms with Crippen molar-refractivity contribution in [1.82, 2.24) is 5.32 Å². The lowest BCUT2D eigenvalue weighted by Crippen LogP contribution is -2.30. The minimum atomic E-state index is 0.0389. The van der Waals surface area contributed by atoms with Crippen LogP contribution in [0.2, 0.25) is 0 Å². The van der Waals surface area contributed by atoms with Gasteiger partial charge in [-0.3, -0.25) is 9.59 Å². The first-order chi connectivity index (χ1) is 13.0. The van der Waals surface area contributed by atoms with Crippen molar-refractivity contribution in [2.75, 3.05) is 6.61 Å². The number of ketones is 1. The number of benzene rings is 2. The molecule has 1 unspecified atom stereocenters. The molecule has 1 atom stereocenters. The summed E-state index contributed by atoms with van der Waals surface area (Å²) < 4.78 is 5.66. The van der Waals surface area contributed by atoms with Crippen LogP contribution in [-0.2, 0) is 4.79 Å². The lowest BCUT2D eigenvalue weighted by molar-refractivity contribution is -0.122. The molecular weight excluding hydrogens is 338 g/mol. The van der Waals surface area contributed by atoms with Crippen molar-refractivity contribution in [1.29, 1.82) is 0 Å². The standard InChI is InChI=1S/C23H27NO3/c1-16-5-7-19(8-6-16)23(20-9-10-20)24-22(26)4-3-15-27-21-13-11-18(12-14-21)17(2)25/h5-8,11-14,20,23H,3-4,9-10,15H2,1-2H3,(H,24,26). The van der Waals surface area contributed by atoms with Gasteiger partial charge in [-0.25, -0.2) is 0 Å². The topological polar surface area (TPSA) is 55.4 Å². The van der Waals surface area contributed by atoms with Crippen LogP contribution in [0.4, 0.5) is 0 Å². The maximum Gasteiger partial charge on any atom is 0.220 e. The summed E-state index contributed by atoms with van der Waals surface area (Å²) in [5.41, 5.74) is 3.09. The summed E-state index contributed by atoms with van der Waals surface area (Å²) >= 11 is 0. The summed E-state index contributed by atoms with van der Waals surface area (Å²) in [5, 5.41) is 3.20. The highest BCUT2D eigenvalue weighted by molar-refractivity contribution is 5.94. The van der Waals surface area contributed by atoms with Gasteiger partial charge < -0.3 is 10.1 Å². The fourth-order valence-electron chi connectivity index (χ4n) is 3.13. The molecule has 142 valence electrons. The van der Waals surface area contributed by atoms with Crippen LogP contribution in [0.15, 0.2) is 48.5 Å². The van der Waals surface area contributed by atoms with Crippen LogP contribution in [0.25, 0.3) is 0 Å². The van der Waals surface area contributed by atoms with Crippen LogP contribution in [0.5, 0.6) is 5.75 Å². The third-order valence-corrected chi connectivity index (χ3v) is 4.92. The van der Waals surface area contributed by atoms with Crippen molar-refractivity contribution < 1.29 is 14.3 Å². The Morgan fingerprint density at radius 2 is 1.74 bits per heavy atom. The van der Waals surface area contributed by atoms with Gasteiger partial charge in [0.2, 0.25) is 5.91 Å². The average Bonchev–Trinajstić information content (AvgIpc) is 3.49. The van der Waals surface area contributed by atoms with Crippen molar-refractivity contribution in [3.05, 3.63) is 65.2 Å². The smallest absolute Gasteiger partial charge is 0.220 e. The van der Waals surface area contributed by atoms with Crippen LogP contribution in [-0.4, -0.2) is 18.3 Å². The molecular formula is C23H27NO3. The quantitative estimate of drug-likeness (QED) is 0.521. The van der Waals surface area contributed by atoms with Crippen molar-refractivity contribution >= 4 is 11.7 Å². The Morgan fingerprint density at radius 3 is 2.33 bits per heavy atom. The van der Waals surface area contributed by atoms with Gasteiger partial charge >= 0.3 is 0 Å². The van der Waals surface area contributed by atoms with Crippen molar-refractivity contribution in [2.24, 2.45) is 5.92 Å². The number of hydrogen-bond donors (Lipinski definition) is 1. The Labute approximate surface area is 160 Å². The minimum Gasteiger partial charge on any atom is -0.494 e. The molecule has 0 spiro atoms. The fourth-order valence-corrected chi connectivity index (χ4v) is 3.13. The summed E-state index contributed by atoms with van der Waals surface area (Å²) in [6.45, 7) is 4.09. The zero-order valence-corrected chi connectivity index (χ0v) is 16.0. The summed E-state index contributed by atoms with van der Waals surface area (Å²) in [4.78, 5) is 23.6. The average molecular weight is 365 g/mol. The number of carbonyl (C=O) groups excluding carboxylic acids is 2. The number of rotatable bonds is 9. The molecule has 27 heavy (non-hydrogen) atoms. The molecule has 4 nitrogen and oxygen atoms in total. The number of hydrogen-bond acceptors (Lipinski definition) is 3. The van der Waals surface area contributed by atoms with Crippen LogP contribution in [0.3, 0.4) is 0 Å². The third-order valence-electron chi connectivity index (χ3n) is 4.92. The van der Waals surface area contributed by atoms with Crippen molar-refractivity contribution in [3.8, 4) is 5.75 Å². The first-order valence-corrected chi connectivity index (χ1v) is 9.62. The molecule has 0 aromatic heterocycles. The van der Waals surface area contributed by atoms with Gasteiger partial charge in [0.25, 0.3) is 0 Å². The molecule has 0 bridgehead atoms. The van der Waals surface area contributed by atoms with Crippen LogP contribution < -0.4 is 10.1 Å². The monoisotopic (exact) mass is 365 g/mol. The molecule has 4 heteroatoms. The molecule has 1 N–H and O–H groups in total. The van der Waals surface area contributed by atoms with E-state index in [0.717, 1.165) is 5.75 Å². The first kappa shape index (κ1) is 19.2. The van der Waals surface area contributed by atoms with Gasteiger partial charge in [-0.05, 0) is 68.9 Å². The highest BCUT2D eigenvalue weighted by atomic mass is 16.5. The van der Waals surface area contributed by atoms with Gasteiger partial charge in [-0.2, -0.15) is 0 Å². The second-order valence-electron chi connectivity index (χ2n) is 7.33. The van der Waals surface area contributed by atoms with E-state index in [1.54, 1.807) is 31.2 Å².